The highest BCUT2D eigenvalue weighted by Gasteiger charge is 2.29. The Morgan fingerprint density at radius 3 is 2.38 bits per heavy atom. The molecule has 4 rings (SSSR count). The van der Waals surface area contributed by atoms with Gasteiger partial charge in [0, 0.05) is 23.8 Å². The summed E-state index contributed by atoms with van der Waals surface area (Å²) in [6, 6.07) is 15.4. The predicted molar refractivity (Wildman–Crippen MR) is 123 cm³/mol. The van der Waals surface area contributed by atoms with Crippen LogP contribution in [0.25, 0.3) is 5.65 Å². The van der Waals surface area contributed by atoms with E-state index in [0.717, 1.165) is 17.7 Å². The Morgan fingerprint density at radius 2 is 1.74 bits per heavy atom. The number of imidazole rings is 1. The predicted octanol–water partition coefficient (Wildman–Crippen LogP) is 6.08. The standard InChI is InChI=1S/C25H21ClF3N3O2/c1-2-21-23(32-12-11-19(26)13-22(32)31-21)24(33)30-14-16-5-9-20(10-6-16)34-15-17-3-7-18(8-4-17)25(27,28)29/h3-13H,2,14-15H2,1H3,(H,30,33). The van der Waals surface area contributed by atoms with Gasteiger partial charge in [-0.2, -0.15) is 13.2 Å². The molecule has 0 aliphatic carbocycles. The number of pyridine rings is 1. The first-order valence-corrected chi connectivity index (χ1v) is 10.9. The van der Waals surface area contributed by atoms with E-state index in [1.165, 1.54) is 12.1 Å². The number of halogens is 4. The molecule has 2 aromatic carbocycles. The normalized spacial score (nSPS) is 11.6. The lowest BCUT2D eigenvalue weighted by atomic mass is 10.1. The number of nitrogens with zero attached hydrogens (tertiary/aromatic N) is 2. The quantitative estimate of drug-likeness (QED) is 0.344. The Labute approximate surface area is 199 Å². The summed E-state index contributed by atoms with van der Waals surface area (Å²) >= 11 is 6.03. The van der Waals surface area contributed by atoms with Crippen LogP contribution >= 0.6 is 11.6 Å². The average molecular weight is 488 g/mol. The number of amides is 1. The lowest BCUT2D eigenvalue weighted by Crippen LogP contribution is -2.25. The minimum atomic E-state index is -4.36. The Balaban J connectivity index is 1.35. The van der Waals surface area contributed by atoms with Crippen LogP contribution in [-0.2, 0) is 25.7 Å². The van der Waals surface area contributed by atoms with Gasteiger partial charge in [0.15, 0.2) is 0 Å². The third-order valence-corrected chi connectivity index (χ3v) is 5.51. The third kappa shape index (κ3) is 5.34. The molecular formula is C25H21ClF3N3O2. The molecule has 0 bridgehead atoms. The van der Waals surface area contributed by atoms with Crippen molar-refractivity contribution in [2.45, 2.75) is 32.7 Å². The van der Waals surface area contributed by atoms with Crippen LogP contribution in [0.2, 0.25) is 5.02 Å². The summed E-state index contributed by atoms with van der Waals surface area (Å²) in [4.78, 5) is 17.4. The molecule has 34 heavy (non-hydrogen) atoms. The van der Waals surface area contributed by atoms with Gasteiger partial charge in [-0.25, -0.2) is 4.98 Å². The van der Waals surface area contributed by atoms with Gasteiger partial charge in [-0.1, -0.05) is 42.8 Å². The smallest absolute Gasteiger partial charge is 0.416 e. The van der Waals surface area contributed by atoms with Crippen molar-refractivity contribution < 1.29 is 22.7 Å². The van der Waals surface area contributed by atoms with Gasteiger partial charge in [-0.05, 0) is 47.9 Å². The van der Waals surface area contributed by atoms with Gasteiger partial charge in [-0.3, -0.25) is 9.20 Å². The van der Waals surface area contributed by atoms with Gasteiger partial charge in [0.2, 0.25) is 0 Å². The number of carbonyl (C=O) groups is 1. The molecule has 0 radical (unpaired) electrons. The molecule has 2 aromatic heterocycles. The Morgan fingerprint density at radius 1 is 1.06 bits per heavy atom. The van der Waals surface area contributed by atoms with Crippen LogP contribution in [0.5, 0.6) is 5.75 Å². The zero-order valence-corrected chi connectivity index (χ0v) is 19.0. The van der Waals surface area contributed by atoms with Crippen LogP contribution in [0, 0.1) is 0 Å². The number of benzene rings is 2. The summed E-state index contributed by atoms with van der Waals surface area (Å²) in [7, 11) is 0. The molecule has 0 saturated heterocycles. The molecule has 176 valence electrons. The van der Waals surface area contributed by atoms with Crippen LogP contribution < -0.4 is 10.1 Å². The summed E-state index contributed by atoms with van der Waals surface area (Å²) in [6.07, 6.45) is -2.03. The second kappa shape index (κ2) is 9.77. The number of aromatic nitrogens is 2. The molecule has 2 heterocycles. The fraction of sp³-hybridized carbons (Fsp3) is 0.200. The van der Waals surface area contributed by atoms with E-state index >= 15 is 0 Å². The first-order valence-electron chi connectivity index (χ1n) is 10.6. The van der Waals surface area contributed by atoms with Gasteiger partial charge in [0.25, 0.3) is 5.91 Å². The average Bonchev–Trinajstić information content (AvgIpc) is 3.19. The van der Waals surface area contributed by atoms with Crippen LogP contribution in [-0.4, -0.2) is 15.3 Å². The Hall–Kier alpha value is -3.52. The number of carbonyl (C=O) groups excluding carboxylic acids is 1. The molecule has 4 aromatic rings. The number of aryl methyl sites for hydroxylation is 1. The lowest BCUT2D eigenvalue weighted by molar-refractivity contribution is -0.137. The highest BCUT2D eigenvalue weighted by molar-refractivity contribution is 6.30. The Kier molecular flexibility index (Phi) is 6.79. The zero-order valence-electron chi connectivity index (χ0n) is 18.2. The number of rotatable bonds is 7. The molecule has 0 aliphatic rings. The fourth-order valence-electron chi connectivity index (χ4n) is 3.48. The van der Waals surface area contributed by atoms with Crippen molar-refractivity contribution >= 4 is 23.2 Å². The molecule has 0 spiro atoms. The summed E-state index contributed by atoms with van der Waals surface area (Å²) in [6.45, 7) is 2.39. The number of hydrogen-bond donors (Lipinski definition) is 1. The molecule has 0 saturated carbocycles. The molecule has 1 amide bonds. The summed E-state index contributed by atoms with van der Waals surface area (Å²) in [5.41, 5.74) is 2.58. The van der Waals surface area contributed by atoms with E-state index in [1.807, 2.05) is 19.1 Å². The number of ether oxygens (including phenoxy) is 1. The number of nitrogens with one attached hydrogen (secondary N) is 1. The first kappa shape index (κ1) is 23.6. The summed E-state index contributed by atoms with van der Waals surface area (Å²) in [5.74, 6) is 0.330. The highest BCUT2D eigenvalue weighted by Crippen LogP contribution is 2.29. The van der Waals surface area contributed by atoms with Crippen molar-refractivity contribution in [2.75, 3.05) is 0 Å². The largest absolute Gasteiger partial charge is 0.489 e. The maximum Gasteiger partial charge on any atom is 0.416 e. The van der Waals surface area contributed by atoms with Crippen molar-refractivity contribution in [3.05, 3.63) is 100.0 Å². The Bertz CT molecular complexity index is 1300. The van der Waals surface area contributed by atoms with E-state index in [-0.39, 0.29) is 12.5 Å². The molecule has 5 nitrogen and oxygen atoms in total. The number of hydrogen-bond acceptors (Lipinski definition) is 3. The fourth-order valence-corrected chi connectivity index (χ4v) is 3.64. The highest BCUT2D eigenvalue weighted by atomic mass is 35.5. The summed E-state index contributed by atoms with van der Waals surface area (Å²) < 4.78 is 45.3. The first-order chi connectivity index (χ1) is 16.2. The minimum Gasteiger partial charge on any atom is -0.489 e. The maximum atomic E-state index is 12.9. The second-order valence-corrected chi connectivity index (χ2v) is 8.08. The molecule has 0 aliphatic heterocycles. The van der Waals surface area contributed by atoms with Crippen molar-refractivity contribution in [1.29, 1.82) is 0 Å². The molecular weight excluding hydrogens is 467 g/mol. The zero-order chi connectivity index (χ0) is 24.3. The molecule has 0 unspecified atom stereocenters. The van der Waals surface area contributed by atoms with Crippen molar-refractivity contribution in [3.8, 4) is 5.75 Å². The minimum absolute atomic E-state index is 0.145. The van der Waals surface area contributed by atoms with E-state index < -0.39 is 11.7 Å². The summed E-state index contributed by atoms with van der Waals surface area (Å²) in [5, 5.41) is 3.46. The molecule has 9 heteroatoms. The van der Waals surface area contributed by atoms with Gasteiger partial charge < -0.3 is 10.1 Å². The topological polar surface area (TPSA) is 55.6 Å². The van der Waals surface area contributed by atoms with E-state index in [4.69, 9.17) is 16.3 Å². The van der Waals surface area contributed by atoms with Gasteiger partial charge in [0.05, 0.1) is 11.3 Å². The monoisotopic (exact) mass is 487 g/mol. The molecule has 0 fully saturated rings. The van der Waals surface area contributed by atoms with Crippen LogP contribution in [0.15, 0.2) is 66.9 Å². The van der Waals surface area contributed by atoms with Gasteiger partial charge >= 0.3 is 6.18 Å². The van der Waals surface area contributed by atoms with Crippen molar-refractivity contribution in [2.24, 2.45) is 0 Å². The third-order valence-electron chi connectivity index (χ3n) is 5.27. The second-order valence-electron chi connectivity index (χ2n) is 7.64. The number of alkyl halides is 3. The number of fused-ring (bicyclic) bond motifs is 1. The van der Waals surface area contributed by atoms with E-state index in [1.54, 1.807) is 34.9 Å². The van der Waals surface area contributed by atoms with E-state index in [0.29, 0.717) is 46.3 Å². The maximum absolute atomic E-state index is 12.9. The van der Waals surface area contributed by atoms with Crippen LogP contribution in [0.1, 0.15) is 39.8 Å². The van der Waals surface area contributed by atoms with Crippen molar-refractivity contribution in [1.82, 2.24) is 14.7 Å². The SMILES string of the molecule is CCc1nc2cc(Cl)ccn2c1C(=O)NCc1ccc(OCc2ccc(C(F)(F)F)cc2)cc1. The van der Waals surface area contributed by atoms with Crippen LogP contribution in [0.4, 0.5) is 13.2 Å². The van der Waals surface area contributed by atoms with E-state index in [2.05, 4.69) is 10.3 Å². The molecule has 1 N–H and O–H groups in total. The lowest BCUT2D eigenvalue weighted by Gasteiger charge is -2.10. The van der Waals surface area contributed by atoms with Crippen LogP contribution in [0.3, 0.4) is 0 Å². The molecule has 0 atom stereocenters. The van der Waals surface area contributed by atoms with Gasteiger partial charge in [0.1, 0.15) is 23.7 Å². The van der Waals surface area contributed by atoms with Gasteiger partial charge in [-0.15, -0.1) is 0 Å². The van der Waals surface area contributed by atoms with E-state index in [9.17, 15) is 18.0 Å². The van der Waals surface area contributed by atoms with Crippen molar-refractivity contribution in [3.63, 3.8) is 0 Å².